The van der Waals surface area contributed by atoms with Crippen LogP contribution in [0.3, 0.4) is 0 Å². The van der Waals surface area contributed by atoms with E-state index in [1.54, 1.807) is 7.11 Å². The van der Waals surface area contributed by atoms with Crippen LogP contribution in [0.25, 0.3) is 0 Å². The van der Waals surface area contributed by atoms with Crippen LogP contribution >= 0.6 is 0 Å². The molecule has 1 N–H and O–H groups in total. The van der Waals surface area contributed by atoms with E-state index in [1.165, 1.54) is 5.56 Å². The van der Waals surface area contributed by atoms with Crippen LogP contribution in [0.2, 0.25) is 0 Å². The summed E-state index contributed by atoms with van der Waals surface area (Å²) in [6.07, 6.45) is 5.80. The summed E-state index contributed by atoms with van der Waals surface area (Å²) in [5, 5.41) is 3.28. The van der Waals surface area contributed by atoms with Crippen LogP contribution in [0.1, 0.15) is 12.0 Å². The molecule has 0 aromatic heterocycles. The van der Waals surface area contributed by atoms with E-state index in [4.69, 9.17) is 15.9 Å². The van der Waals surface area contributed by atoms with Gasteiger partial charge in [0.15, 0.2) is 0 Å². The summed E-state index contributed by atoms with van der Waals surface area (Å²) in [6.45, 7) is 2.95. The third-order valence-corrected chi connectivity index (χ3v) is 2.23. The minimum atomic E-state index is 0.567. The van der Waals surface area contributed by atoms with Crippen LogP contribution in [0.5, 0.6) is 5.75 Å². The molecule has 0 aliphatic carbocycles. The van der Waals surface area contributed by atoms with Gasteiger partial charge in [0.1, 0.15) is 5.75 Å². The monoisotopic (exact) mass is 233 g/mol. The summed E-state index contributed by atoms with van der Waals surface area (Å²) < 4.78 is 10.5. The SMILES string of the molecule is C#CCCOc1cccc(CNCCOC)c1. The minimum Gasteiger partial charge on any atom is -0.493 e. The van der Waals surface area contributed by atoms with Crippen molar-refractivity contribution in [2.45, 2.75) is 13.0 Å². The normalized spacial score (nSPS) is 9.88. The number of nitrogens with one attached hydrogen (secondary N) is 1. The average molecular weight is 233 g/mol. The van der Waals surface area contributed by atoms with E-state index in [2.05, 4.69) is 17.3 Å². The molecular weight excluding hydrogens is 214 g/mol. The fraction of sp³-hybridized carbons (Fsp3) is 0.429. The maximum Gasteiger partial charge on any atom is 0.119 e. The van der Waals surface area contributed by atoms with Crippen molar-refractivity contribution in [1.82, 2.24) is 5.32 Å². The summed E-state index contributed by atoms with van der Waals surface area (Å²) in [4.78, 5) is 0. The van der Waals surface area contributed by atoms with E-state index < -0.39 is 0 Å². The van der Waals surface area contributed by atoms with Gasteiger partial charge in [-0.1, -0.05) is 12.1 Å². The van der Waals surface area contributed by atoms with Crippen molar-refractivity contribution in [3.05, 3.63) is 29.8 Å². The summed E-state index contributed by atoms with van der Waals surface area (Å²) in [5.41, 5.74) is 1.19. The van der Waals surface area contributed by atoms with Crippen molar-refractivity contribution >= 4 is 0 Å². The van der Waals surface area contributed by atoms with Gasteiger partial charge in [-0.05, 0) is 17.7 Å². The van der Waals surface area contributed by atoms with Gasteiger partial charge in [0, 0.05) is 26.6 Å². The Balaban J connectivity index is 2.34. The van der Waals surface area contributed by atoms with Gasteiger partial charge in [-0.2, -0.15) is 0 Å². The molecule has 0 bridgehead atoms. The van der Waals surface area contributed by atoms with Gasteiger partial charge in [0.25, 0.3) is 0 Å². The zero-order valence-electron chi connectivity index (χ0n) is 10.2. The fourth-order valence-electron chi connectivity index (χ4n) is 1.38. The van der Waals surface area contributed by atoms with E-state index in [0.29, 0.717) is 13.0 Å². The second-order valence-electron chi connectivity index (χ2n) is 3.62. The Morgan fingerprint density at radius 1 is 1.35 bits per heavy atom. The van der Waals surface area contributed by atoms with Gasteiger partial charge in [0.05, 0.1) is 13.2 Å². The zero-order valence-corrected chi connectivity index (χ0v) is 10.2. The second-order valence-corrected chi connectivity index (χ2v) is 3.62. The standard InChI is InChI=1S/C14H19NO2/c1-3-4-9-17-14-7-5-6-13(11-14)12-15-8-10-16-2/h1,5-7,11,15H,4,8-10,12H2,2H3. The third-order valence-electron chi connectivity index (χ3n) is 2.23. The molecule has 1 rings (SSSR count). The van der Waals surface area contributed by atoms with Crippen LogP contribution < -0.4 is 10.1 Å². The molecule has 0 aliphatic heterocycles. The predicted octanol–water partition coefficient (Wildman–Crippen LogP) is 1.82. The second kappa shape index (κ2) is 8.63. The number of hydrogen-bond acceptors (Lipinski definition) is 3. The molecule has 0 saturated carbocycles. The maximum atomic E-state index is 5.52. The minimum absolute atomic E-state index is 0.567. The molecule has 3 nitrogen and oxygen atoms in total. The molecule has 17 heavy (non-hydrogen) atoms. The number of terminal acetylenes is 1. The molecule has 0 amide bonds. The molecule has 1 aromatic carbocycles. The largest absolute Gasteiger partial charge is 0.493 e. The Hall–Kier alpha value is -1.50. The topological polar surface area (TPSA) is 30.5 Å². The summed E-state index contributed by atoms with van der Waals surface area (Å²) >= 11 is 0. The van der Waals surface area contributed by atoms with Crippen LogP contribution in [-0.2, 0) is 11.3 Å². The van der Waals surface area contributed by atoms with E-state index in [9.17, 15) is 0 Å². The van der Waals surface area contributed by atoms with Crippen LogP contribution in [-0.4, -0.2) is 26.9 Å². The molecule has 0 aliphatic rings. The van der Waals surface area contributed by atoms with Crippen molar-refractivity contribution in [2.24, 2.45) is 0 Å². The number of ether oxygens (including phenoxy) is 2. The molecule has 0 radical (unpaired) electrons. The maximum absolute atomic E-state index is 5.52. The van der Waals surface area contributed by atoms with E-state index in [0.717, 1.165) is 25.4 Å². The fourth-order valence-corrected chi connectivity index (χ4v) is 1.38. The predicted molar refractivity (Wildman–Crippen MR) is 69.0 cm³/mol. The summed E-state index contributed by atoms with van der Waals surface area (Å²) in [7, 11) is 1.70. The summed E-state index contributed by atoms with van der Waals surface area (Å²) in [6, 6.07) is 8.01. The van der Waals surface area contributed by atoms with E-state index >= 15 is 0 Å². The molecule has 0 spiro atoms. The molecule has 0 fully saturated rings. The highest BCUT2D eigenvalue weighted by atomic mass is 16.5. The molecule has 0 saturated heterocycles. The van der Waals surface area contributed by atoms with Crippen molar-refractivity contribution < 1.29 is 9.47 Å². The molecule has 0 heterocycles. The van der Waals surface area contributed by atoms with Crippen molar-refractivity contribution in [1.29, 1.82) is 0 Å². The first-order valence-corrected chi connectivity index (χ1v) is 5.71. The Morgan fingerprint density at radius 3 is 3.00 bits per heavy atom. The van der Waals surface area contributed by atoms with Crippen LogP contribution in [0, 0.1) is 12.3 Å². The zero-order chi connectivity index (χ0) is 12.3. The van der Waals surface area contributed by atoms with E-state index in [1.807, 2.05) is 18.2 Å². The lowest BCUT2D eigenvalue weighted by Gasteiger charge is -2.07. The number of hydrogen-bond donors (Lipinski definition) is 1. The van der Waals surface area contributed by atoms with Crippen LogP contribution in [0.4, 0.5) is 0 Å². The Bertz CT molecular complexity index is 357. The lowest BCUT2D eigenvalue weighted by molar-refractivity contribution is 0.199. The highest BCUT2D eigenvalue weighted by Crippen LogP contribution is 2.13. The first-order chi connectivity index (χ1) is 8.36. The Kier molecular flexibility index (Phi) is 6.89. The first-order valence-electron chi connectivity index (χ1n) is 5.71. The molecule has 92 valence electrons. The van der Waals surface area contributed by atoms with Gasteiger partial charge in [-0.3, -0.25) is 0 Å². The van der Waals surface area contributed by atoms with Gasteiger partial charge < -0.3 is 14.8 Å². The number of rotatable bonds is 8. The molecular formula is C14H19NO2. The van der Waals surface area contributed by atoms with E-state index in [-0.39, 0.29) is 0 Å². The molecule has 0 unspecified atom stereocenters. The van der Waals surface area contributed by atoms with Crippen LogP contribution in [0.15, 0.2) is 24.3 Å². The molecule has 3 heteroatoms. The molecule has 1 aromatic rings. The number of methoxy groups -OCH3 is 1. The molecule has 0 atom stereocenters. The first kappa shape index (κ1) is 13.6. The van der Waals surface area contributed by atoms with Gasteiger partial charge in [0.2, 0.25) is 0 Å². The lowest BCUT2D eigenvalue weighted by atomic mass is 10.2. The smallest absolute Gasteiger partial charge is 0.119 e. The quantitative estimate of drug-likeness (QED) is 0.549. The average Bonchev–Trinajstić information content (AvgIpc) is 2.36. The van der Waals surface area contributed by atoms with Gasteiger partial charge in [-0.25, -0.2) is 0 Å². The van der Waals surface area contributed by atoms with Crippen molar-refractivity contribution in [3.8, 4) is 18.1 Å². The van der Waals surface area contributed by atoms with Crippen molar-refractivity contribution in [2.75, 3.05) is 26.9 Å². The Labute approximate surface area is 103 Å². The van der Waals surface area contributed by atoms with Gasteiger partial charge >= 0.3 is 0 Å². The lowest BCUT2D eigenvalue weighted by Crippen LogP contribution is -2.18. The van der Waals surface area contributed by atoms with Gasteiger partial charge in [-0.15, -0.1) is 12.3 Å². The number of benzene rings is 1. The third kappa shape index (κ3) is 5.96. The summed E-state index contributed by atoms with van der Waals surface area (Å²) in [5.74, 6) is 3.42. The Morgan fingerprint density at radius 2 is 2.24 bits per heavy atom. The highest BCUT2D eigenvalue weighted by Gasteiger charge is 1.96. The van der Waals surface area contributed by atoms with Crippen molar-refractivity contribution in [3.63, 3.8) is 0 Å². The highest BCUT2D eigenvalue weighted by molar-refractivity contribution is 5.28.